The standard InChI is InChI=1S/C26H31N3O9/c1-16(31)35-24-22(13-21(34)10-9-19-7-5-4-6-8-19)38-23(15-29-14-20(11-12-30)27-28-29)25(36-17(2)32)26(24)37-18(3)33/h4-10,14,22-26,30H,11-13,15H2,1-3H3/b10-9+/t22-,23-,24+,25-,26-/m1/s1. The molecule has 2 aromatic rings. The minimum Gasteiger partial charge on any atom is -0.456 e. The van der Waals surface area contributed by atoms with E-state index in [4.69, 9.17) is 24.1 Å². The summed E-state index contributed by atoms with van der Waals surface area (Å²) in [6, 6.07) is 9.20. The topological polar surface area (TPSA) is 156 Å². The molecule has 3 rings (SSSR count). The predicted octanol–water partition coefficient (Wildman–Crippen LogP) is 1.05. The Hall–Kier alpha value is -3.90. The van der Waals surface area contributed by atoms with E-state index >= 15 is 0 Å². The number of carbonyl (C=O) groups excluding carboxylic acids is 4. The molecule has 2 heterocycles. The van der Waals surface area contributed by atoms with Gasteiger partial charge in [0.05, 0.1) is 12.2 Å². The second-order valence-electron chi connectivity index (χ2n) is 8.76. The van der Waals surface area contributed by atoms with Crippen LogP contribution in [0.15, 0.2) is 42.6 Å². The van der Waals surface area contributed by atoms with Crippen molar-refractivity contribution in [1.29, 1.82) is 0 Å². The monoisotopic (exact) mass is 529 g/mol. The quantitative estimate of drug-likeness (QED) is 0.252. The van der Waals surface area contributed by atoms with Gasteiger partial charge in [-0.05, 0) is 11.6 Å². The van der Waals surface area contributed by atoms with Crippen LogP contribution in [0.4, 0.5) is 0 Å². The molecule has 1 aromatic heterocycles. The van der Waals surface area contributed by atoms with Gasteiger partial charge >= 0.3 is 17.9 Å². The van der Waals surface area contributed by atoms with E-state index in [0.29, 0.717) is 5.69 Å². The number of benzene rings is 1. The molecule has 12 nitrogen and oxygen atoms in total. The molecule has 5 atom stereocenters. The summed E-state index contributed by atoms with van der Waals surface area (Å²) >= 11 is 0. The van der Waals surface area contributed by atoms with Gasteiger partial charge in [-0.1, -0.05) is 41.6 Å². The number of aliphatic hydroxyl groups is 1. The van der Waals surface area contributed by atoms with Crippen molar-refractivity contribution in [2.75, 3.05) is 6.61 Å². The highest BCUT2D eigenvalue weighted by Crippen LogP contribution is 2.31. The molecule has 38 heavy (non-hydrogen) atoms. The molecule has 1 saturated heterocycles. The number of esters is 3. The van der Waals surface area contributed by atoms with Crippen LogP contribution < -0.4 is 0 Å². The van der Waals surface area contributed by atoms with Crippen LogP contribution in [0.5, 0.6) is 0 Å². The van der Waals surface area contributed by atoms with E-state index in [1.807, 2.05) is 30.3 Å². The maximum Gasteiger partial charge on any atom is 0.303 e. The molecular weight excluding hydrogens is 498 g/mol. The molecule has 0 saturated carbocycles. The van der Waals surface area contributed by atoms with Crippen molar-refractivity contribution in [2.45, 2.75) is 70.7 Å². The largest absolute Gasteiger partial charge is 0.456 e. The van der Waals surface area contributed by atoms with E-state index in [1.54, 1.807) is 12.3 Å². The maximum absolute atomic E-state index is 12.9. The van der Waals surface area contributed by atoms with Crippen molar-refractivity contribution in [3.63, 3.8) is 0 Å². The number of hydrogen-bond acceptors (Lipinski definition) is 11. The predicted molar refractivity (Wildman–Crippen MR) is 131 cm³/mol. The van der Waals surface area contributed by atoms with Gasteiger partial charge in [-0.15, -0.1) is 5.10 Å². The third kappa shape index (κ3) is 8.32. The van der Waals surface area contributed by atoms with E-state index in [1.165, 1.54) is 31.5 Å². The molecule has 1 fully saturated rings. The van der Waals surface area contributed by atoms with Crippen molar-refractivity contribution >= 4 is 29.8 Å². The third-order valence-electron chi connectivity index (χ3n) is 5.62. The lowest BCUT2D eigenvalue weighted by atomic mass is 9.91. The van der Waals surface area contributed by atoms with Crippen molar-refractivity contribution < 1.29 is 43.2 Å². The Balaban J connectivity index is 1.92. The molecule has 1 aromatic carbocycles. The van der Waals surface area contributed by atoms with Gasteiger partial charge in [-0.25, -0.2) is 4.68 Å². The van der Waals surface area contributed by atoms with E-state index in [-0.39, 0.29) is 31.8 Å². The van der Waals surface area contributed by atoms with Crippen LogP contribution in [0.3, 0.4) is 0 Å². The lowest BCUT2D eigenvalue weighted by Crippen LogP contribution is -2.62. The Bertz CT molecular complexity index is 1150. The number of hydrogen-bond donors (Lipinski definition) is 1. The second kappa shape index (κ2) is 13.6. The molecule has 0 unspecified atom stereocenters. The van der Waals surface area contributed by atoms with Crippen LogP contribution in [0.1, 0.15) is 38.4 Å². The second-order valence-corrected chi connectivity index (χ2v) is 8.76. The van der Waals surface area contributed by atoms with Crippen LogP contribution in [-0.2, 0) is 51.1 Å². The number of allylic oxidation sites excluding steroid dienone is 1. The number of ether oxygens (including phenoxy) is 4. The highest BCUT2D eigenvalue weighted by Gasteiger charge is 2.52. The summed E-state index contributed by atoms with van der Waals surface area (Å²) in [4.78, 5) is 48.9. The molecule has 1 aliphatic rings. The third-order valence-corrected chi connectivity index (χ3v) is 5.62. The maximum atomic E-state index is 12.9. The number of rotatable bonds is 11. The molecule has 0 spiro atoms. The van der Waals surface area contributed by atoms with E-state index in [9.17, 15) is 19.2 Å². The summed E-state index contributed by atoms with van der Waals surface area (Å²) in [5.74, 6) is -2.40. The van der Waals surface area contributed by atoms with Crippen LogP contribution >= 0.6 is 0 Å². The van der Waals surface area contributed by atoms with Gasteiger partial charge in [0.25, 0.3) is 0 Å². The fourth-order valence-electron chi connectivity index (χ4n) is 4.16. The van der Waals surface area contributed by atoms with Crippen LogP contribution in [-0.4, -0.2) is 80.9 Å². The molecule has 0 amide bonds. The van der Waals surface area contributed by atoms with Crippen LogP contribution in [0.2, 0.25) is 0 Å². The zero-order valence-corrected chi connectivity index (χ0v) is 21.4. The van der Waals surface area contributed by atoms with Gasteiger partial charge in [0, 0.05) is 46.4 Å². The first-order valence-electron chi connectivity index (χ1n) is 12.1. The average molecular weight is 530 g/mol. The van der Waals surface area contributed by atoms with Gasteiger partial charge in [0.2, 0.25) is 0 Å². The Kier molecular flexibility index (Phi) is 10.3. The summed E-state index contributed by atoms with van der Waals surface area (Å²) in [6.45, 7) is 3.41. The highest BCUT2D eigenvalue weighted by molar-refractivity contribution is 5.94. The molecule has 1 N–H and O–H groups in total. The van der Waals surface area contributed by atoms with Crippen molar-refractivity contribution in [2.24, 2.45) is 0 Å². The molecule has 1 aliphatic heterocycles. The Morgan fingerprint density at radius 2 is 1.55 bits per heavy atom. The van der Waals surface area contributed by atoms with Gasteiger partial charge in [-0.3, -0.25) is 19.2 Å². The lowest BCUT2D eigenvalue weighted by Gasteiger charge is -2.44. The van der Waals surface area contributed by atoms with Gasteiger partial charge in [0.1, 0.15) is 12.2 Å². The minimum atomic E-state index is -1.25. The zero-order valence-electron chi connectivity index (χ0n) is 21.4. The van der Waals surface area contributed by atoms with E-state index < -0.39 is 48.4 Å². The number of ketones is 1. The lowest BCUT2D eigenvalue weighted by molar-refractivity contribution is -0.249. The first kappa shape index (κ1) is 28.7. The zero-order chi connectivity index (χ0) is 27.7. The normalized spacial score (nSPS) is 23.1. The molecule has 12 heteroatoms. The van der Waals surface area contributed by atoms with Gasteiger partial charge in [-0.2, -0.15) is 0 Å². The summed E-state index contributed by atoms with van der Waals surface area (Å²) in [6.07, 6.45) is -0.957. The smallest absolute Gasteiger partial charge is 0.303 e. The van der Waals surface area contributed by atoms with Gasteiger partial charge in [0.15, 0.2) is 24.1 Å². The number of nitrogens with zero attached hydrogens (tertiary/aromatic N) is 3. The molecule has 204 valence electrons. The number of carbonyl (C=O) groups is 4. The van der Waals surface area contributed by atoms with Crippen LogP contribution in [0, 0.1) is 0 Å². The molecule has 0 aliphatic carbocycles. The first-order valence-corrected chi connectivity index (χ1v) is 12.1. The molecule has 0 bridgehead atoms. The fraction of sp³-hybridized carbons (Fsp3) is 0.462. The minimum absolute atomic E-state index is 0.00543. The summed E-state index contributed by atoms with van der Waals surface area (Å²) in [5, 5.41) is 17.1. The average Bonchev–Trinajstić information content (AvgIpc) is 3.29. The molecular formula is C26H31N3O9. The van der Waals surface area contributed by atoms with Gasteiger partial charge < -0.3 is 24.1 Å². The van der Waals surface area contributed by atoms with Crippen molar-refractivity contribution in [3.8, 4) is 0 Å². The highest BCUT2D eigenvalue weighted by atomic mass is 16.6. The van der Waals surface area contributed by atoms with E-state index in [2.05, 4.69) is 10.3 Å². The SMILES string of the molecule is CC(=O)O[C@@H]1[C@@H](OC(C)=O)[C@@H](CC(=O)/C=C/c2ccccc2)O[C@H](Cn2cc(CCO)nn2)[C@H]1OC(C)=O. The Labute approximate surface area is 219 Å². The summed E-state index contributed by atoms with van der Waals surface area (Å²) in [7, 11) is 0. The first-order chi connectivity index (χ1) is 18.2. The van der Waals surface area contributed by atoms with Crippen LogP contribution in [0.25, 0.3) is 6.08 Å². The fourth-order valence-corrected chi connectivity index (χ4v) is 4.16. The summed E-state index contributed by atoms with van der Waals surface area (Å²) in [5.41, 5.74) is 1.34. The van der Waals surface area contributed by atoms with Crippen molar-refractivity contribution in [1.82, 2.24) is 15.0 Å². The Morgan fingerprint density at radius 3 is 2.16 bits per heavy atom. The van der Waals surface area contributed by atoms with Crippen molar-refractivity contribution in [3.05, 3.63) is 53.9 Å². The number of aliphatic hydroxyl groups excluding tert-OH is 1. The number of aromatic nitrogens is 3. The molecule has 0 radical (unpaired) electrons. The van der Waals surface area contributed by atoms with E-state index in [0.717, 1.165) is 5.56 Å². The Morgan fingerprint density at radius 1 is 0.947 bits per heavy atom. The summed E-state index contributed by atoms with van der Waals surface area (Å²) < 4.78 is 24.0.